The summed E-state index contributed by atoms with van der Waals surface area (Å²) in [7, 11) is 0. The predicted molar refractivity (Wildman–Crippen MR) is 76.7 cm³/mol. The molecule has 1 saturated heterocycles. The van der Waals surface area contributed by atoms with Crippen molar-refractivity contribution >= 4 is 17.5 Å². The van der Waals surface area contributed by atoms with Crippen molar-refractivity contribution in [3.05, 3.63) is 35.0 Å². The molecule has 20 heavy (non-hydrogen) atoms. The van der Waals surface area contributed by atoms with Crippen molar-refractivity contribution in [3.8, 4) is 17.5 Å². The molecule has 0 radical (unpaired) electrons. The van der Waals surface area contributed by atoms with E-state index in [1.807, 2.05) is 23.1 Å². The van der Waals surface area contributed by atoms with E-state index in [-0.39, 0.29) is 0 Å². The standard InChI is InChI=1S/C14H13ClN4O/c15-11-4-2-1-3-10(11)13-18-12(9-16)14(20-13)19-7-5-17-6-8-19/h1-4,17H,5-8H2. The van der Waals surface area contributed by atoms with Crippen LogP contribution in [0.1, 0.15) is 5.69 Å². The third kappa shape index (κ3) is 2.36. The zero-order valence-electron chi connectivity index (χ0n) is 10.8. The number of anilines is 1. The molecule has 1 fully saturated rings. The van der Waals surface area contributed by atoms with Gasteiger partial charge in [0, 0.05) is 26.2 Å². The highest BCUT2D eigenvalue weighted by Crippen LogP contribution is 2.32. The number of oxazole rings is 1. The summed E-state index contributed by atoms with van der Waals surface area (Å²) in [4.78, 5) is 6.29. The molecule has 1 aliphatic rings. The van der Waals surface area contributed by atoms with Crippen LogP contribution in [0.5, 0.6) is 0 Å². The number of nitriles is 1. The van der Waals surface area contributed by atoms with Gasteiger partial charge in [0.25, 0.3) is 0 Å². The summed E-state index contributed by atoms with van der Waals surface area (Å²) in [5.41, 5.74) is 1.01. The van der Waals surface area contributed by atoms with Crippen LogP contribution in [0.3, 0.4) is 0 Å². The molecule has 0 aliphatic carbocycles. The lowest BCUT2D eigenvalue weighted by atomic mass is 10.2. The van der Waals surface area contributed by atoms with Crippen LogP contribution in [0.15, 0.2) is 28.7 Å². The lowest BCUT2D eigenvalue weighted by Crippen LogP contribution is -2.43. The Labute approximate surface area is 121 Å². The second kappa shape index (κ2) is 5.53. The predicted octanol–water partition coefficient (Wildman–Crippen LogP) is 2.28. The summed E-state index contributed by atoms with van der Waals surface area (Å²) >= 11 is 6.14. The van der Waals surface area contributed by atoms with Crippen molar-refractivity contribution in [1.82, 2.24) is 10.3 Å². The molecule has 5 nitrogen and oxygen atoms in total. The van der Waals surface area contributed by atoms with Gasteiger partial charge in [0.1, 0.15) is 6.07 Å². The lowest BCUT2D eigenvalue weighted by Gasteiger charge is -2.26. The maximum absolute atomic E-state index is 9.23. The minimum absolute atomic E-state index is 0.307. The summed E-state index contributed by atoms with van der Waals surface area (Å²) in [5, 5.41) is 13.1. The summed E-state index contributed by atoms with van der Waals surface area (Å²) in [6.45, 7) is 3.33. The van der Waals surface area contributed by atoms with Gasteiger partial charge in [0.15, 0.2) is 0 Å². The Morgan fingerprint density at radius 3 is 2.75 bits per heavy atom. The van der Waals surface area contributed by atoms with Crippen molar-refractivity contribution in [3.63, 3.8) is 0 Å². The topological polar surface area (TPSA) is 65.1 Å². The van der Waals surface area contributed by atoms with Crippen molar-refractivity contribution in [1.29, 1.82) is 5.26 Å². The molecule has 3 rings (SSSR count). The van der Waals surface area contributed by atoms with E-state index in [0.29, 0.717) is 28.1 Å². The average Bonchev–Trinajstić information content (AvgIpc) is 2.92. The molecule has 0 spiro atoms. The summed E-state index contributed by atoms with van der Waals surface area (Å²) in [6.07, 6.45) is 0. The van der Waals surface area contributed by atoms with E-state index in [1.165, 1.54) is 0 Å². The fourth-order valence-corrected chi connectivity index (χ4v) is 2.43. The fourth-order valence-electron chi connectivity index (χ4n) is 2.22. The van der Waals surface area contributed by atoms with Crippen LogP contribution in [-0.2, 0) is 0 Å². The first-order valence-corrected chi connectivity index (χ1v) is 6.79. The maximum atomic E-state index is 9.23. The van der Waals surface area contributed by atoms with Gasteiger partial charge in [0.05, 0.1) is 10.6 Å². The van der Waals surface area contributed by atoms with E-state index >= 15 is 0 Å². The van der Waals surface area contributed by atoms with E-state index in [2.05, 4.69) is 16.4 Å². The van der Waals surface area contributed by atoms with Gasteiger partial charge in [-0.25, -0.2) is 0 Å². The zero-order valence-corrected chi connectivity index (χ0v) is 11.5. The van der Waals surface area contributed by atoms with E-state index in [4.69, 9.17) is 16.0 Å². The third-order valence-electron chi connectivity index (χ3n) is 3.22. The number of hydrogen-bond acceptors (Lipinski definition) is 5. The highest BCUT2D eigenvalue weighted by molar-refractivity contribution is 6.33. The fraction of sp³-hybridized carbons (Fsp3) is 0.286. The Kier molecular flexibility index (Phi) is 3.59. The first kappa shape index (κ1) is 13.0. The quantitative estimate of drug-likeness (QED) is 0.918. The molecule has 0 bridgehead atoms. The number of rotatable bonds is 2. The highest BCUT2D eigenvalue weighted by atomic mass is 35.5. The van der Waals surface area contributed by atoms with Gasteiger partial charge in [-0.2, -0.15) is 10.2 Å². The number of halogens is 1. The minimum atomic E-state index is 0.307. The van der Waals surface area contributed by atoms with Crippen molar-refractivity contribution in [2.24, 2.45) is 0 Å². The van der Waals surface area contributed by atoms with Crippen LogP contribution in [-0.4, -0.2) is 31.2 Å². The van der Waals surface area contributed by atoms with Crippen LogP contribution in [0.2, 0.25) is 5.02 Å². The second-order valence-electron chi connectivity index (χ2n) is 4.50. The van der Waals surface area contributed by atoms with Gasteiger partial charge in [-0.1, -0.05) is 23.7 Å². The van der Waals surface area contributed by atoms with Gasteiger partial charge >= 0.3 is 0 Å². The molecule has 6 heteroatoms. The molecule has 0 amide bonds. The Hall–Kier alpha value is -2.03. The monoisotopic (exact) mass is 288 g/mol. The Morgan fingerprint density at radius 2 is 2.05 bits per heavy atom. The Bertz CT molecular complexity index is 655. The van der Waals surface area contributed by atoms with Crippen LogP contribution in [0.25, 0.3) is 11.5 Å². The summed E-state index contributed by atoms with van der Waals surface area (Å²) in [5.74, 6) is 0.921. The van der Waals surface area contributed by atoms with Gasteiger partial charge in [-0.15, -0.1) is 0 Å². The van der Waals surface area contributed by atoms with Crippen molar-refractivity contribution in [2.75, 3.05) is 31.1 Å². The molecule has 102 valence electrons. The van der Waals surface area contributed by atoms with E-state index in [1.54, 1.807) is 6.07 Å². The SMILES string of the molecule is N#Cc1nc(-c2ccccc2Cl)oc1N1CCNCC1. The number of nitrogens with one attached hydrogen (secondary N) is 1. The van der Waals surface area contributed by atoms with Crippen molar-refractivity contribution in [2.45, 2.75) is 0 Å². The molecule has 2 heterocycles. The Morgan fingerprint density at radius 1 is 1.30 bits per heavy atom. The minimum Gasteiger partial charge on any atom is -0.419 e. The van der Waals surface area contributed by atoms with Crippen LogP contribution in [0, 0.1) is 11.3 Å². The third-order valence-corrected chi connectivity index (χ3v) is 3.55. The lowest BCUT2D eigenvalue weighted by molar-refractivity contribution is 0.512. The molecule has 0 atom stereocenters. The van der Waals surface area contributed by atoms with E-state index in [0.717, 1.165) is 26.2 Å². The highest BCUT2D eigenvalue weighted by Gasteiger charge is 2.22. The molecule has 1 aliphatic heterocycles. The normalized spacial score (nSPS) is 15.1. The molecule has 1 aromatic carbocycles. The van der Waals surface area contributed by atoms with Crippen molar-refractivity contribution < 1.29 is 4.42 Å². The largest absolute Gasteiger partial charge is 0.419 e. The molecule has 1 aromatic heterocycles. The first-order chi connectivity index (χ1) is 9.79. The summed E-state index contributed by atoms with van der Waals surface area (Å²) < 4.78 is 5.79. The smallest absolute Gasteiger partial charge is 0.235 e. The summed E-state index contributed by atoms with van der Waals surface area (Å²) in [6, 6.07) is 9.41. The zero-order chi connectivity index (χ0) is 13.9. The number of hydrogen-bond donors (Lipinski definition) is 1. The molecular formula is C14H13ClN4O. The maximum Gasteiger partial charge on any atom is 0.235 e. The van der Waals surface area contributed by atoms with Crippen LogP contribution in [0.4, 0.5) is 5.88 Å². The molecule has 1 N–H and O–H groups in total. The van der Waals surface area contributed by atoms with E-state index in [9.17, 15) is 5.26 Å². The van der Waals surface area contributed by atoms with Gasteiger partial charge in [-0.05, 0) is 12.1 Å². The first-order valence-electron chi connectivity index (χ1n) is 6.41. The molecule has 0 saturated carbocycles. The van der Waals surface area contributed by atoms with E-state index < -0.39 is 0 Å². The number of nitrogens with zero attached hydrogens (tertiary/aromatic N) is 3. The number of piperazine rings is 1. The van der Waals surface area contributed by atoms with Gasteiger partial charge < -0.3 is 14.6 Å². The number of aromatic nitrogens is 1. The number of benzene rings is 1. The van der Waals surface area contributed by atoms with Gasteiger partial charge in [-0.3, -0.25) is 0 Å². The van der Waals surface area contributed by atoms with Crippen LogP contribution >= 0.6 is 11.6 Å². The molecule has 2 aromatic rings. The van der Waals surface area contributed by atoms with Gasteiger partial charge in [0.2, 0.25) is 17.5 Å². The molecule has 0 unspecified atom stereocenters. The second-order valence-corrected chi connectivity index (χ2v) is 4.91. The van der Waals surface area contributed by atoms with Crippen LogP contribution < -0.4 is 10.2 Å². The average molecular weight is 289 g/mol. The Balaban J connectivity index is 2.01. The molecular weight excluding hydrogens is 276 g/mol.